The summed E-state index contributed by atoms with van der Waals surface area (Å²) in [6, 6.07) is 6.95. The van der Waals surface area contributed by atoms with Gasteiger partial charge >= 0.3 is 0 Å². The first kappa shape index (κ1) is 13.2. The van der Waals surface area contributed by atoms with Gasteiger partial charge in [0, 0.05) is 0 Å². The highest BCUT2D eigenvalue weighted by molar-refractivity contribution is 8.14. The summed E-state index contributed by atoms with van der Waals surface area (Å²) in [5.41, 5.74) is 3.44. The summed E-state index contributed by atoms with van der Waals surface area (Å²) in [6.45, 7) is 2.11. The molecule has 6 heteroatoms. The van der Waals surface area contributed by atoms with Crippen LogP contribution in [0.2, 0.25) is 5.02 Å². The molecule has 1 amide bonds. The first-order valence-electron chi connectivity index (χ1n) is 5.76. The molecule has 4 nitrogen and oxygen atoms in total. The maximum Gasteiger partial charge on any atom is 0.258 e. The maximum absolute atomic E-state index is 12.0. The number of hydrogen-bond acceptors (Lipinski definition) is 4. The largest absolute Gasteiger partial charge is 0.300 e. The van der Waals surface area contributed by atoms with Gasteiger partial charge in [-0.2, -0.15) is 5.10 Å². The SMILES string of the molecule is CCCC1NN=C(NC(=O)c2ccccc2Cl)S1. The lowest BCUT2D eigenvalue weighted by atomic mass is 10.2. The lowest BCUT2D eigenvalue weighted by Crippen LogP contribution is -2.27. The average Bonchev–Trinajstić information content (AvgIpc) is 2.77. The Bertz CT molecular complexity index is 478. The molecule has 96 valence electrons. The number of hydrazone groups is 1. The highest BCUT2D eigenvalue weighted by atomic mass is 35.5. The fraction of sp³-hybridized carbons (Fsp3) is 0.333. The van der Waals surface area contributed by atoms with E-state index in [1.165, 1.54) is 11.8 Å². The van der Waals surface area contributed by atoms with Gasteiger partial charge in [0.05, 0.1) is 16.0 Å². The zero-order valence-electron chi connectivity index (χ0n) is 9.94. The van der Waals surface area contributed by atoms with Crippen molar-refractivity contribution in [2.45, 2.75) is 25.1 Å². The Morgan fingerprint density at radius 3 is 3.06 bits per heavy atom. The second-order valence-corrected chi connectivity index (χ2v) is 5.47. The van der Waals surface area contributed by atoms with E-state index in [2.05, 4.69) is 22.8 Å². The van der Waals surface area contributed by atoms with Crippen molar-refractivity contribution in [3.8, 4) is 0 Å². The monoisotopic (exact) mass is 283 g/mol. The molecule has 1 aliphatic rings. The van der Waals surface area contributed by atoms with E-state index < -0.39 is 0 Å². The van der Waals surface area contributed by atoms with Crippen LogP contribution >= 0.6 is 23.4 Å². The minimum absolute atomic E-state index is 0.231. The number of carbonyl (C=O) groups is 1. The van der Waals surface area contributed by atoms with Gasteiger partial charge in [0.2, 0.25) is 0 Å². The van der Waals surface area contributed by atoms with E-state index in [4.69, 9.17) is 11.6 Å². The third kappa shape index (κ3) is 3.17. The third-order valence-corrected chi connectivity index (χ3v) is 3.83. The van der Waals surface area contributed by atoms with Crippen LogP contribution in [0.4, 0.5) is 0 Å². The smallest absolute Gasteiger partial charge is 0.258 e. The summed E-state index contributed by atoms with van der Waals surface area (Å²) in [4.78, 5) is 12.0. The van der Waals surface area contributed by atoms with Crippen LogP contribution in [0, 0.1) is 0 Å². The molecule has 0 saturated carbocycles. The summed E-state index contributed by atoms with van der Waals surface area (Å²) in [6.07, 6.45) is 2.09. The molecular formula is C12H14ClN3OS. The number of benzene rings is 1. The molecule has 1 aliphatic heterocycles. The van der Waals surface area contributed by atoms with E-state index in [1.54, 1.807) is 24.3 Å². The van der Waals surface area contributed by atoms with Crippen LogP contribution in [-0.4, -0.2) is 16.4 Å². The molecule has 1 heterocycles. The molecule has 0 bridgehead atoms. The standard InChI is InChI=1S/C12H14ClN3OS/c1-2-5-10-15-16-12(18-10)14-11(17)8-6-3-4-7-9(8)13/h3-4,6-7,10,15H,2,5H2,1H3,(H,14,16,17). The molecule has 18 heavy (non-hydrogen) atoms. The van der Waals surface area contributed by atoms with Crippen molar-refractivity contribution in [3.63, 3.8) is 0 Å². The predicted molar refractivity (Wildman–Crippen MR) is 75.8 cm³/mol. The van der Waals surface area contributed by atoms with Gasteiger partial charge in [0.25, 0.3) is 5.91 Å². The fourth-order valence-corrected chi connectivity index (χ4v) is 2.78. The van der Waals surface area contributed by atoms with Crippen molar-refractivity contribution in [1.82, 2.24) is 10.7 Å². The van der Waals surface area contributed by atoms with Crippen LogP contribution in [0.3, 0.4) is 0 Å². The van der Waals surface area contributed by atoms with E-state index in [9.17, 15) is 4.79 Å². The van der Waals surface area contributed by atoms with Crippen molar-refractivity contribution in [3.05, 3.63) is 34.9 Å². The number of rotatable bonds is 3. The van der Waals surface area contributed by atoms with Crippen LogP contribution in [0.5, 0.6) is 0 Å². The molecule has 2 N–H and O–H groups in total. The van der Waals surface area contributed by atoms with E-state index in [0.717, 1.165) is 12.8 Å². The Labute approximate surface area is 115 Å². The molecule has 2 rings (SSSR count). The number of carbonyl (C=O) groups excluding carboxylic acids is 1. The first-order chi connectivity index (χ1) is 8.70. The van der Waals surface area contributed by atoms with Crippen molar-refractivity contribution < 1.29 is 4.79 Å². The number of thioether (sulfide) groups is 1. The van der Waals surface area contributed by atoms with Crippen LogP contribution in [0.25, 0.3) is 0 Å². The molecule has 0 aromatic heterocycles. The normalized spacial score (nSPS) is 18.1. The number of nitrogens with zero attached hydrogens (tertiary/aromatic N) is 1. The molecule has 0 spiro atoms. The zero-order chi connectivity index (χ0) is 13.0. The summed E-state index contributed by atoms with van der Waals surface area (Å²) < 4.78 is 0. The van der Waals surface area contributed by atoms with Crippen LogP contribution in [0.15, 0.2) is 29.4 Å². The van der Waals surface area contributed by atoms with Gasteiger partial charge in [-0.25, -0.2) is 0 Å². The van der Waals surface area contributed by atoms with Crippen molar-refractivity contribution >= 4 is 34.4 Å². The predicted octanol–water partition coefficient (Wildman–Crippen LogP) is 2.80. The molecule has 1 atom stereocenters. The van der Waals surface area contributed by atoms with E-state index in [0.29, 0.717) is 15.8 Å². The van der Waals surface area contributed by atoms with Crippen molar-refractivity contribution in [2.75, 3.05) is 0 Å². The Kier molecular flexibility index (Phi) is 4.49. The van der Waals surface area contributed by atoms with Gasteiger partial charge < -0.3 is 0 Å². The summed E-state index contributed by atoms with van der Waals surface area (Å²) in [5.74, 6) is -0.231. The molecule has 0 saturated heterocycles. The van der Waals surface area contributed by atoms with Crippen LogP contribution in [-0.2, 0) is 0 Å². The third-order valence-electron chi connectivity index (χ3n) is 2.45. The number of hydrogen-bond donors (Lipinski definition) is 2. The van der Waals surface area contributed by atoms with Crippen LogP contribution in [0.1, 0.15) is 30.1 Å². The highest BCUT2D eigenvalue weighted by Gasteiger charge is 2.21. The highest BCUT2D eigenvalue weighted by Crippen LogP contribution is 2.20. The molecule has 1 aromatic rings. The summed E-state index contributed by atoms with van der Waals surface area (Å²) in [5, 5.41) is 8.12. The minimum atomic E-state index is -0.231. The molecule has 0 aliphatic carbocycles. The zero-order valence-corrected chi connectivity index (χ0v) is 11.5. The number of amides is 1. The first-order valence-corrected chi connectivity index (χ1v) is 7.02. The fourth-order valence-electron chi connectivity index (χ4n) is 1.57. The Morgan fingerprint density at radius 1 is 1.56 bits per heavy atom. The van der Waals surface area contributed by atoms with Gasteiger partial charge in [0.15, 0.2) is 5.17 Å². The van der Waals surface area contributed by atoms with E-state index in [-0.39, 0.29) is 11.3 Å². The molecule has 0 radical (unpaired) electrons. The number of halogens is 1. The molecule has 1 unspecified atom stereocenters. The second kappa shape index (κ2) is 6.11. The molecular weight excluding hydrogens is 270 g/mol. The Hall–Kier alpha value is -1.20. The van der Waals surface area contributed by atoms with Gasteiger partial charge in [-0.05, 0) is 18.6 Å². The number of amidine groups is 1. The van der Waals surface area contributed by atoms with Gasteiger partial charge in [-0.3, -0.25) is 15.5 Å². The molecule has 0 fully saturated rings. The summed E-state index contributed by atoms with van der Waals surface area (Å²) >= 11 is 7.49. The second-order valence-electron chi connectivity index (χ2n) is 3.88. The molecule has 1 aromatic carbocycles. The summed E-state index contributed by atoms with van der Waals surface area (Å²) in [7, 11) is 0. The maximum atomic E-state index is 12.0. The minimum Gasteiger partial charge on any atom is -0.300 e. The van der Waals surface area contributed by atoms with Crippen LogP contribution < -0.4 is 10.7 Å². The average molecular weight is 284 g/mol. The lowest BCUT2D eigenvalue weighted by Gasteiger charge is -2.07. The quantitative estimate of drug-likeness (QED) is 0.897. The van der Waals surface area contributed by atoms with Crippen molar-refractivity contribution in [1.29, 1.82) is 0 Å². The van der Waals surface area contributed by atoms with Gasteiger partial charge in [-0.15, -0.1) is 0 Å². The Balaban J connectivity index is 1.95. The lowest BCUT2D eigenvalue weighted by molar-refractivity contribution is 0.0978. The van der Waals surface area contributed by atoms with Gasteiger partial charge in [-0.1, -0.05) is 48.8 Å². The Morgan fingerprint density at radius 2 is 2.33 bits per heavy atom. The van der Waals surface area contributed by atoms with Crippen molar-refractivity contribution in [2.24, 2.45) is 5.10 Å². The topological polar surface area (TPSA) is 53.5 Å². The van der Waals surface area contributed by atoms with E-state index >= 15 is 0 Å². The van der Waals surface area contributed by atoms with E-state index in [1.807, 2.05) is 0 Å². The van der Waals surface area contributed by atoms with Gasteiger partial charge in [0.1, 0.15) is 0 Å². The number of nitrogens with one attached hydrogen (secondary N) is 2.